The van der Waals surface area contributed by atoms with Gasteiger partial charge in [-0.15, -0.1) is 0 Å². The molecule has 0 heterocycles. The summed E-state index contributed by atoms with van der Waals surface area (Å²) in [5, 5.41) is 4.62. The van der Waals surface area contributed by atoms with Crippen LogP contribution in [-0.2, 0) is 4.79 Å². The monoisotopic (exact) mass is 284 g/mol. The number of benzene rings is 2. The Bertz CT molecular complexity index is 661. The van der Waals surface area contributed by atoms with Crippen molar-refractivity contribution in [2.24, 2.45) is 11.7 Å². The van der Waals surface area contributed by atoms with Crippen LogP contribution in [0.3, 0.4) is 0 Å². The summed E-state index contributed by atoms with van der Waals surface area (Å²) in [6.45, 7) is 3.86. The lowest BCUT2D eigenvalue weighted by Gasteiger charge is -2.21. The van der Waals surface area contributed by atoms with E-state index in [1.165, 1.54) is 0 Å². The van der Waals surface area contributed by atoms with Crippen LogP contribution < -0.4 is 11.1 Å². The van der Waals surface area contributed by atoms with Crippen molar-refractivity contribution in [2.45, 2.75) is 26.3 Å². The van der Waals surface area contributed by atoms with Crippen molar-refractivity contribution in [3.05, 3.63) is 48.0 Å². The SMILES string of the molecule is CC[C@@H](C)[C@H](NC(=O)c1cccc2ccccc12)C(N)=O. The van der Waals surface area contributed by atoms with E-state index < -0.39 is 11.9 Å². The minimum atomic E-state index is -0.651. The Morgan fingerprint density at radius 1 is 1.14 bits per heavy atom. The molecular formula is C17H20N2O2. The normalized spacial score (nSPS) is 13.6. The Morgan fingerprint density at radius 3 is 2.48 bits per heavy atom. The summed E-state index contributed by atoms with van der Waals surface area (Å²) in [6.07, 6.45) is 0.767. The molecule has 2 aromatic rings. The highest BCUT2D eigenvalue weighted by molar-refractivity contribution is 6.08. The number of amides is 2. The number of primary amides is 1. The van der Waals surface area contributed by atoms with Gasteiger partial charge in [-0.2, -0.15) is 0 Å². The van der Waals surface area contributed by atoms with Crippen molar-refractivity contribution in [3.63, 3.8) is 0 Å². The van der Waals surface area contributed by atoms with Crippen LogP contribution in [0.5, 0.6) is 0 Å². The topological polar surface area (TPSA) is 72.2 Å². The molecule has 0 bridgehead atoms. The molecule has 0 aliphatic carbocycles. The predicted molar refractivity (Wildman–Crippen MR) is 83.9 cm³/mol. The van der Waals surface area contributed by atoms with Gasteiger partial charge in [0, 0.05) is 5.56 Å². The Kier molecular flexibility index (Phi) is 4.58. The van der Waals surface area contributed by atoms with Crippen LogP contribution in [0.15, 0.2) is 42.5 Å². The average molecular weight is 284 g/mol. The Hall–Kier alpha value is -2.36. The van der Waals surface area contributed by atoms with Crippen LogP contribution in [0.4, 0.5) is 0 Å². The van der Waals surface area contributed by atoms with Gasteiger partial charge < -0.3 is 11.1 Å². The number of nitrogens with one attached hydrogen (secondary N) is 1. The molecule has 0 aliphatic heterocycles. The third-order valence-electron chi connectivity index (χ3n) is 3.84. The number of carbonyl (C=O) groups excluding carboxylic acids is 2. The molecule has 0 aliphatic rings. The highest BCUT2D eigenvalue weighted by atomic mass is 16.2. The molecule has 110 valence electrons. The second-order valence-corrected chi connectivity index (χ2v) is 5.27. The highest BCUT2D eigenvalue weighted by Crippen LogP contribution is 2.19. The van der Waals surface area contributed by atoms with Crippen molar-refractivity contribution < 1.29 is 9.59 Å². The molecule has 0 aromatic heterocycles. The third-order valence-corrected chi connectivity index (χ3v) is 3.84. The van der Waals surface area contributed by atoms with E-state index >= 15 is 0 Å². The van der Waals surface area contributed by atoms with Gasteiger partial charge in [0.1, 0.15) is 6.04 Å². The van der Waals surface area contributed by atoms with Crippen molar-refractivity contribution in [1.29, 1.82) is 0 Å². The molecule has 2 amide bonds. The van der Waals surface area contributed by atoms with Crippen LogP contribution in [0.25, 0.3) is 10.8 Å². The van der Waals surface area contributed by atoms with Crippen LogP contribution in [-0.4, -0.2) is 17.9 Å². The first-order valence-corrected chi connectivity index (χ1v) is 7.12. The van der Waals surface area contributed by atoms with Gasteiger partial charge in [0.25, 0.3) is 5.91 Å². The molecule has 0 saturated heterocycles. The Labute approximate surface area is 124 Å². The summed E-state index contributed by atoms with van der Waals surface area (Å²) in [6, 6.07) is 12.5. The van der Waals surface area contributed by atoms with Crippen molar-refractivity contribution >= 4 is 22.6 Å². The van der Waals surface area contributed by atoms with Gasteiger partial charge in [-0.05, 0) is 22.8 Å². The predicted octanol–water partition coefficient (Wildman–Crippen LogP) is 2.47. The van der Waals surface area contributed by atoms with E-state index in [1.807, 2.05) is 50.2 Å². The van der Waals surface area contributed by atoms with Crippen LogP contribution in [0.2, 0.25) is 0 Å². The van der Waals surface area contributed by atoms with Crippen molar-refractivity contribution in [1.82, 2.24) is 5.32 Å². The quantitative estimate of drug-likeness (QED) is 0.885. The zero-order valence-corrected chi connectivity index (χ0v) is 12.3. The average Bonchev–Trinajstić information content (AvgIpc) is 2.50. The fourth-order valence-electron chi connectivity index (χ4n) is 2.37. The van der Waals surface area contributed by atoms with Crippen LogP contribution in [0, 0.1) is 5.92 Å². The minimum absolute atomic E-state index is 0.00132. The van der Waals surface area contributed by atoms with Gasteiger partial charge in [-0.25, -0.2) is 0 Å². The Balaban J connectivity index is 2.32. The minimum Gasteiger partial charge on any atom is -0.368 e. The molecule has 0 radical (unpaired) electrons. The molecule has 21 heavy (non-hydrogen) atoms. The second-order valence-electron chi connectivity index (χ2n) is 5.27. The molecule has 0 unspecified atom stereocenters. The molecule has 2 atom stereocenters. The molecule has 4 heteroatoms. The van der Waals surface area contributed by atoms with E-state index in [0.29, 0.717) is 5.56 Å². The van der Waals surface area contributed by atoms with Crippen LogP contribution >= 0.6 is 0 Å². The molecule has 0 fully saturated rings. The van der Waals surface area contributed by atoms with E-state index in [4.69, 9.17) is 5.73 Å². The fourth-order valence-corrected chi connectivity index (χ4v) is 2.37. The standard InChI is InChI=1S/C17H20N2O2/c1-3-11(2)15(16(18)20)19-17(21)14-10-6-8-12-7-4-5-9-13(12)14/h4-11,15H,3H2,1-2H3,(H2,18,20)(H,19,21)/t11-,15+/m1/s1. The Morgan fingerprint density at radius 2 is 1.81 bits per heavy atom. The number of nitrogens with two attached hydrogens (primary N) is 1. The first kappa shape index (κ1) is 15.0. The van der Waals surface area contributed by atoms with E-state index in [-0.39, 0.29) is 11.8 Å². The van der Waals surface area contributed by atoms with Gasteiger partial charge >= 0.3 is 0 Å². The zero-order valence-electron chi connectivity index (χ0n) is 12.3. The summed E-state index contributed by atoms with van der Waals surface area (Å²) in [5.41, 5.74) is 5.96. The largest absolute Gasteiger partial charge is 0.368 e. The molecule has 0 spiro atoms. The molecule has 2 rings (SSSR count). The lowest BCUT2D eigenvalue weighted by atomic mass is 9.97. The van der Waals surface area contributed by atoms with E-state index in [1.54, 1.807) is 6.07 Å². The van der Waals surface area contributed by atoms with Crippen molar-refractivity contribution in [3.8, 4) is 0 Å². The van der Waals surface area contributed by atoms with E-state index in [2.05, 4.69) is 5.32 Å². The highest BCUT2D eigenvalue weighted by Gasteiger charge is 2.24. The summed E-state index contributed by atoms with van der Waals surface area (Å²) < 4.78 is 0. The molecule has 3 N–H and O–H groups in total. The van der Waals surface area contributed by atoms with Crippen molar-refractivity contribution in [2.75, 3.05) is 0 Å². The first-order chi connectivity index (χ1) is 10.0. The maximum absolute atomic E-state index is 12.5. The maximum Gasteiger partial charge on any atom is 0.252 e. The molecule has 4 nitrogen and oxygen atoms in total. The third kappa shape index (κ3) is 3.21. The second kappa shape index (κ2) is 6.39. The summed E-state index contributed by atoms with van der Waals surface area (Å²) in [5.74, 6) is -0.768. The van der Waals surface area contributed by atoms with Gasteiger partial charge in [-0.1, -0.05) is 56.7 Å². The lowest BCUT2D eigenvalue weighted by molar-refractivity contribution is -0.120. The summed E-state index contributed by atoms with van der Waals surface area (Å²) in [7, 11) is 0. The summed E-state index contributed by atoms with van der Waals surface area (Å²) >= 11 is 0. The molecular weight excluding hydrogens is 264 g/mol. The first-order valence-electron chi connectivity index (χ1n) is 7.12. The van der Waals surface area contributed by atoms with E-state index in [0.717, 1.165) is 17.2 Å². The van der Waals surface area contributed by atoms with Crippen LogP contribution in [0.1, 0.15) is 30.6 Å². The van der Waals surface area contributed by atoms with Gasteiger partial charge in [0.15, 0.2) is 0 Å². The van der Waals surface area contributed by atoms with Gasteiger partial charge in [0.05, 0.1) is 0 Å². The fraction of sp³-hybridized carbons (Fsp3) is 0.294. The van der Waals surface area contributed by atoms with Gasteiger partial charge in [-0.3, -0.25) is 9.59 Å². The number of hydrogen-bond donors (Lipinski definition) is 2. The number of rotatable bonds is 5. The lowest BCUT2D eigenvalue weighted by Crippen LogP contribution is -2.48. The van der Waals surface area contributed by atoms with E-state index in [9.17, 15) is 9.59 Å². The summed E-state index contributed by atoms with van der Waals surface area (Å²) in [4.78, 5) is 24.0. The smallest absolute Gasteiger partial charge is 0.252 e. The number of fused-ring (bicyclic) bond motifs is 1. The number of hydrogen-bond acceptors (Lipinski definition) is 2. The number of carbonyl (C=O) groups is 2. The van der Waals surface area contributed by atoms with Gasteiger partial charge in [0.2, 0.25) is 5.91 Å². The molecule has 0 saturated carbocycles. The zero-order chi connectivity index (χ0) is 15.4. The molecule has 2 aromatic carbocycles. The maximum atomic E-state index is 12.5.